The van der Waals surface area contributed by atoms with Gasteiger partial charge in [0.05, 0.1) is 0 Å². The number of benzene rings is 1. The number of sulfone groups is 1. The smallest absolute Gasteiger partial charge is 0.322 e. The van der Waals surface area contributed by atoms with Crippen LogP contribution in [0.3, 0.4) is 0 Å². The van der Waals surface area contributed by atoms with E-state index in [-0.39, 0.29) is 0 Å². The van der Waals surface area contributed by atoms with Gasteiger partial charge in [0.1, 0.15) is 16.5 Å². The Morgan fingerprint density at radius 2 is 1.95 bits per heavy atom. The lowest BCUT2D eigenvalue weighted by Crippen LogP contribution is -2.36. The molecule has 1 aromatic carbocycles. The average Bonchev–Trinajstić information content (AvgIpc) is 2.31. The monoisotopic (exact) mass is 306 g/mol. The van der Waals surface area contributed by atoms with Gasteiger partial charge in [0.15, 0.2) is 15.1 Å². The second-order valence-corrected chi connectivity index (χ2v) is 6.68. The summed E-state index contributed by atoms with van der Waals surface area (Å²) in [5.74, 6) is -4.35. The fraction of sp³-hybridized carbons (Fsp3) is 0.462. The minimum atomic E-state index is -4.49. The molecule has 0 radical (unpaired) electrons. The quantitative estimate of drug-likeness (QED) is 0.877. The molecule has 112 valence electrons. The molecule has 0 fully saturated rings. The van der Waals surface area contributed by atoms with Crippen molar-refractivity contribution in [1.29, 1.82) is 0 Å². The zero-order chi connectivity index (χ0) is 15.5. The summed E-state index contributed by atoms with van der Waals surface area (Å²) in [6.07, 6.45) is 0.944. The lowest BCUT2D eigenvalue weighted by atomic mass is 10.0. The first-order valence-corrected chi connectivity index (χ1v) is 7.68. The Labute approximate surface area is 116 Å². The Kier molecular flexibility index (Phi) is 5.21. The average molecular weight is 306 g/mol. The maximum atomic E-state index is 13.6. The van der Waals surface area contributed by atoms with Gasteiger partial charge in [0, 0.05) is 0 Å². The van der Waals surface area contributed by atoms with E-state index in [0.717, 1.165) is 6.07 Å². The minimum absolute atomic E-state index is 0.354. The molecule has 0 saturated carbocycles. The van der Waals surface area contributed by atoms with Crippen molar-refractivity contribution < 1.29 is 27.1 Å². The molecule has 1 rings (SSSR count). The van der Waals surface area contributed by atoms with Crippen LogP contribution >= 0.6 is 0 Å². The van der Waals surface area contributed by atoms with E-state index in [0.29, 0.717) is 25.0 Å². The summed E-state index contributed by atoms with van der Waals surface area (Å²) in [6, 6.07) is 1.96. The topological polar surface area (TPSA) is 71.4 Å². The van der Waals surface area contributed by atoms with E-state index in [2.05, 4.69) is 0 Å². The van der Waals surface area contributed by atoms with Crippen molar-refractivity contribution in [2.24, 2.45) is 5.92 Å². The first-order chi connectivity index (χ1) is 9.21. The molecule has 4 nitrogen and oxygen atoms in total. The number of carboxylic acid groups (broad SMARTS) is 1. The molecule has 0 aliphatic rings. The van der Waals surface area contributed by atoms with E-state index in [4.69, 9.17) is 5.11 Å². The van der Waals surface area contributed by atoms with Crippen LogP contribution in [0.1, 0.15) is 26.7 Å². The lowest BCUT2D eigenvalue weighted by molar-refractivity contribution is -0.137. The molecule has 1 aromatic rings. The Morgan fingerprint density at radius 1 is 1.35 bits per heavy atom. The number of hydrogen-bond acceptors (Lipinski definition) is 3. The fourth-order valence-electron chi connectivity index (χ4n) is 2.12. The standard InChI is InChI=1S/C13H16F2O4S/c1-3-4-8(2)12(13(16)17)20(18,19)11-7-9(14)5-6-10(11)15/h5-8,12H,3-4H2,1-2H3,(H,16,17). The van der Waals surface area contributed by atoms with Gasteiger partial charge < -0.3 is 5.11 Å². The Hall–Kier alpha value is -1.50. The van der Waals surface area contributed by atoms with E-state index in [1.165, 1.54) is 6.92 Å². The van der Waals surface area contributed by atoms with E-state index < -0.39 is 43.5 Å². The van der Waals surface area contributed by atoms with E-state index in [1.54, 1.807) is 6.92 Å². The summed E-state index contributed by atoms with van der Waals surface area (Å²) < 4.78 is 51.3. The van der Waals surface area contributed by atoms with Gasteiger partial charge >= 0.3 is 5.97 Å². The van der Waals surface area contributed by atoms with Crippen LogP contribution < -0.4 is 0 Å². The molecular weight excluding hydrogens is 290 g/mol. The number of carbonyl (C=O) groups is 1. The second-order valence-electron chi connectivity index (χ2n) is 4.64. The van der Waals surface area contributed by atoms with Gasteiger partial charge in [-0.25, -0.2) is 17.2 Å². The van der Waals surface area contributed by atoms with Gasteiger partial charge in [-0.05, 0) is 30.5 Å². The molecule has 7 heteroatoms. The summed E-state index contributed by atoms with van der Waals surface area (Å²) in [5.41, 5.74) is 0. The van der Waals surface area contributed by atoms with Crippen molar-refractivity contribution in [3.8, 4) is 0 Å². The SMILES string of the molecule is CCCC(C)C(C(=O)O)S(=O)(=O)c1cc(F)ccc1F. The zero-order valence-electron chi connectivity index (χ0n) is 11.1. The Morgan fingerprint density at radius 3 is 2.45 bits per heavy atom. The van der Waals surface area contributed by atoms with Crippen LogP contribution in [0.15, 0.2) is 23.1 Å². The number of aliphatic carboxylic acids is 1. The summed E-state index contributed by atoms with van der Waals surface area (Å²) in [4.78, 5) is 10.3. The molecule has 0 saturated heterocycles. The van der Waals surface area contributed by atoms with Crippen molar-refractivity contribution in [3.63, 3.8) is 0 Å². The van der Waals surface area contributed by atoms with E-state index >= 15 is 0 Å². The summed E-state index contributed by atoms with van der Waals surface area (Å²) in [7, 11) is -4.49. The van der Waals surface area contributed by atoms with Crippen LogP contribution in [0.25, 0.3) is 0 Å². The Bertz CT molecular complexity index is 598. The second kappa shape index (κ2) is 6.30. The van der Waals surface area contributed by atoms with Gasteiger partial charge in [-0.3, -0.25) is 4.79 Å². The van der Waals surface area contributed by atoms with Crippen molar-refractivity contribution in [3.05, 3.63) is 29.8 Å². The van der Waals surface area contributed by atoms with Crippen LogP contribution in [0.5, 0.6) is 0 Å². The molecule has 20 heavy (non-hydrogen) atoms. The molecule has 0 aliphatic carbocycles. The third-order valence-electron chi connectivity index (χ3n) is 3.04. The van der Waals surface area contributed by atoms with Crippen molar-refractivity contribution in [2.45, 2.75) is 36.8 Å². The summed E-state index contributed by atoms with van der Waals surface area (Å²) in [6.45, 7) is 3.25. The predicted molar refractivity (Wildman–Crippen MR) is 69.0 cm³/mol. The highest BCUT2D eigenvalue weighted by molar-refractivity contribution is 7.92. The van der Waals surface area contributed by atoms with E-state index in [9.17, 15) is 22.0 Å². The van der Waals surface area contributed by atoms with Gasteiger partial charge in [-0.15, -0.1) is 0 Å². The lowest BCUT2D eigenvalue weighted by Gasteiger charge is -2.20. The molecule has 1 N–H and O–H groups in total. The molecule has 0 aliphatic heterocycles. The largest absolute Gasteiger partial charge is 0.480 e. The van der Waals surface area contributed by atoms with Gasteiger partial charge in [-0.1, -0.05) is 20.3 Å². The van der Waals surface area contributed by atoms with Crippen LogP contribution in [0, 0.1) is 17.6 Å². The third kappa shape index (κ3) is 3.33. The van der Waals surface area contributed by atoms with Gasteiger partial charge in [0.25, 0.3) is 0 Å². The van der Waals surface area contributed by atoms with Crippen LogP contribution in [0.2, 0.25) is 0 Å². The fourth-order valence-corrected chi connectivity index (χ4v) is 4.02. The number of halogens is 2. The van der Waals surface area contributed by atoms with Crippen molar-refractivity contribution >= 4 is 15.8 Å². The summed E-state index contributed by atoms with van der Waals surface area (Å²) >= 11 is 0. The maximum Gasteiger partial charge on any atom is 0.322 e. The number of rotatable bonds is 6. The molecular formula is C13H16F2O4S. The summed E-state index contributed by atoms with van der Waals surface area (Å²) in [5, 5.41) is 7.34. The number of hydrogen-bond donors (Lipinski definition) is 1. The number of carboxylic acids is 1. The van der Waals surface area contributed by atoms with Crippen LogP contribution in [-0.4, -0.2) is 24.7 Å². The van der Waals surface area contributed by atoms with Crippen molar-refractivity contribution in [2.75, 3.05) is 0 Å². The molecule has 0 heterocycles. The minimum Gasteiger partial charge on any atom is -0.480 e. The highest BCUT2D eigenvalue weighted by Gasteiger charge is 2.39. The molecule has 2 unspecified atom stereocenters. The highest BCUT2D eigenvalue weighted by Crippen LogP contribution is 2.27. The molecule has 0 aromatic heterocycles. The molecule has 0 amide bonds. The van der Waals surface area contributed by atoms with Crippen LogP contribution in [0.4, 0.5) is 8.78 Å². The maximum absolute atomic E-state index is 13.6. The van der Waals surface area contributed by atoms with Crippen molar-refractivity contribution in [1.82, 2.24) is 0 Å². The zero-order valence-corrected chi connectivity index (χ0v) is 12.0. The van der Waals surface area contributed by atoms with Crippen LogP contribution in [-0.2, 0) is 14.6 Å². The van der Waals surface area contributed by atoms with Gasteiger partial charge in [-0.2, -0.15) is 0 Å². The van der Waals surface area contributed by atoms with E-state index in [1.807, 2.05) is 0 Å². The third-order valence-corrected chi connectivity index (χ3v) is 5.30. The molecule has 0 spiro atoms. The Balaban J connectivity index is 3.37. The first-order valence-electron chi connectivity index (χ1n) is 6.13. The first kappa shape index (κ1) is 16.6. The highest BCUT2D eigenvalue weighted by atomic mass is 32.2. The normalized spacial score (nSPS) is 14.8. The van der Waals surface area contributed by atoms with Gasteiger partial charge in [0.2, 0.25) is 0 Å². The molecule has 2 atom stereocenters. The molecule has 0 bridgehead atoms. The predicted octanol–water partition coefficient (Wildman–Crippen LogP) is 2.63.